The van der Waals surface area contributed by atoms with Gasteiger partial charge >= 0.3 is 0 Å². The fourth-order valence-corrected chi connectivity index (χ4v) is 1.40. The highest BCUT2D eigenvalue weighted by Crippen LogP contribution is 2.35. The van der Waals surface area contributed by atoms with E-state index in [-0.39, 0.29) is 5.41 Å². The van der Waals surface area contributed by atoms with E-state index in [2.05, 4.69) is 27.4 Å². The lowest BCUT2D eigenvalue weighted by Crippen LogP contribution is -2.47. The molecule has 0 bridgehead atoms. The topological polar surface area (TPSA) is 18.5 Å². The highest BCUT2D eigenvalue weighted by molar-refractivity contribution is 5.48. The molecule has 1 aromatic rings. The number of ether oxygens (including phenoxy) is 2. The van der Waals surface area contributed by atoms with Gasteiger partial charge in [-0.1, -0.05) is 45.6 Å². The first-order valence-corrected chi connectivity index (χ1v) is 5.79. The van der Waals surface area contributed by atoms with Crippen molar-refractivity contribution in [3.05, 3.63) is 36.4 Å². The van der Waals surface area contributed by atoms with Crippen molar-refractivity contribution < 1.29 is 9.47 Å². The highest BCUT2D eigenvalue weighted by atomic mass is 16.7. The third-order valence-electron chi connectivity index (χ3n) is 3.18. The van der Waals surface area contributed by atoms with Gasteiger partial charge in [0.15, 0.2) is 0 Å². The first kappa shape index (κ1) is 13.8. The quantitative estimate of drug-likeness (QED) is 0.730. The molecule has 0 aliphatic rings. The molecule has 0 heterocycles. The van der Waals surface area contributed by atoms with Crippen molar-refractivity contribution in [2.24, 2.45) is 5.41 Å². The Hall–Kier alpha value is -1.28. The molecule has 0 spiro atoms. The molecule has 0 radical (unpaired) electrons. The van der Waals surface area contributed by atoms with Gasteiger partial charge in [-0.3, -0.25) is 0 Å². The first-order valence-electron chi connectivity index (χ1n) is 5.79. The Morgan fingerprint density at radius 3 is 1.94 bits per heavy atom. The molecule has 2 nitrogen and oxygen atoms in total. The van der Waals surface area contributed by atoms with Gasteiger partial charge in [0.2, 0.25) is 5.79 Å². The average Bonchev–Trinajstić information content (AvgIpc) is 2.28. The van der Waals surface area contributed by atoms with Gasteiger partial charge in [-0.2, -0.15) is 0 Å². The van der Waals surface area contributed by atoms with Gasteiger partial charge in [-0.05, 0) is 17.7 Å². The molecule has 0 aliphatic carbocycles. The standard InChI is InChI=1S/C15H22O2/c1-7-12-8-10-13(11-9-12)17-15(5,16-6)14(2,3)4/h7-11H,1H2,2-6H3. The third kappa shape index (κ3) is 3.10. The van der Waals surface area contributed by atoms with Crippen LogP contribution in [0.3, 0.4) is 0 Å². The first-order chi connectivity index (χ1) is 7.82. The summed E-state index contributed by atoms with van der Waals surface area (Å²) in [5, 5.41) is 0. The SMILES string of the molecule is C=Cc1ccc(OC(C)(OC)C(C)(C)C)cc1. The molecule has 1 unspecified atom stereocenters. The van der Waals surface area contributed by atoms with Gasteiger partial charge in [-0.25, -0.2) is 0 Å². The van der Waals surface area contributed by atoms with Gasteiger partial charge in [0.1, 0.15) is 5.75 Å². The van der Waals surface area contributed by atoms with Gasteiger partial charge in [0.05, 0.1) is 0 Å². The third-order valence-corrected chi connectivity index (χ3v) is 3.18. The molecular weight excluding hydrogens is 212 g/mol. The van der Waals surface area contributed by atoms with Crippen molar-refractivity contribution >= 4 is 6.08 Å². The van der Waals surface area contributed by atoms with Crippen LogP contribution in [0.2, 0.25) is 0 Å². The smallest absolute Gasteiger partial charge is 0.212 e. The summed E-state index contributed by atoms with van der Waals surface area (Å²) in [6.45, 7) is 12.0. The lowest BCUT2D eigenvalue weighted by molar-refractivity contribution is -0.213. The molecule has 0 aliphatic heterocycles. The minimum absolute atomic E-state index is 0.112. The Bertz CT molecular complexity index is 373. The fraction of sp³-hybridized carbons (Fsp3) is 0.467. The summed E-state index contributed by atoms with van der Waals surface area (Å²) in [7, 11) is 1.67. The number of hydrogen-bond donors (Lipinski definition) is 0. The van der Waals surface area contributed by atoms with E-state index in [9.17, 15) is 0 Å². The number of benzene rings is 1. The predicted molar refractivity (Wildman–Crippen MR) is 72.0 cm³/mol. The Morgan fingerprint density at radius 2 is 1.59 bits per heavy atom. The maximum Gasteiger partial charge on any atom is 0.212 e. The van der Waals surface area contributed by atoms with Crippen molar-refractivity contribution in [2.75, 3.05) is 7.11 Å². The zero-order valence-electron chi connectivity index (χ0n) is 11.4. The minimum Gasteiger partial charge on any atom is -0.462 e. The van der Waals surface area contributed by atoms with Crippen molar-refractivity contribution in [1.82, 2.24) is 0 Å². The summed E-state index contributed by atoms with van der Waals surface area (Å²) >= 11 is 0. The summed E-state index contributed by atoms with van der Waals surface area (Å²) in [5.41, 5.74) is 0.964. The van der Waals surface area contributed by atoms with Crippen LogP contribution < -0.4 is 4.74 Å². The Labute approximate surface area is 104 Å². The van der Waals surface area contributed by atoms with Crippen LogP contribution in [0.1, 0.15) is 33.3 Å². The van der Waals surface area contributed by atoms with Crippen LogP contribution in [0.15, 0.2) is 30.8 Å². The summed E-state index contributed by atoms with van der Waals surface area (Å²) in [6.07, 6.45) is 1.81. The highest BCUT2D eigenvalue weighted by Gasteiger charge is 2.40. The second kappa shape index (κ2) is 4.92. The van der Waals surface area contributed by atoms with Crippen molar-refractivity contribution in [2.45, 2.75) is 33.5 Å². The maximum atomic E-state index is 5.96. The molecule has 2 heteroatoms. The summed E-state index contributed by atoms with van der Waals surface area (Å²) < 4.78 is 11.5. The summed E-state index contributed by atoms with van der Waals surface area (Å²) in [5.74, 6) is 0.151. The van der Waals surface area contributed by atoms with Crippen LogP contribution in [0.25, 0.3) is 6.08 Å². The van der Waals surface area contributed by atoms with Gasteiger partial charge in [-0.15, -0.1) is 0 Å². The molecule has 1 rings (SSSR count). The van der Waals surface area contributed by atoms with Crippen LogP contribution in [0.5, 0.6) is 5.75 Å². The number of methoxy groups -OCH3 is 1. The van der Waals surface area contributed by atoms with Crippen LogP contribution in [-0.2, 0) is 4.74 Å². The zero-order valence-corrected chi connectivity index (χ0v) is 11.4. The second-order valence-corrected chi connectivity index (χ2v) is 5.28. The van der Waals surface area contributed by atoms with Crippen molar-refractivity contribution in [3.8, 4) is 5.75 Å². The van der Waals surface area contributed by atoms with Crippen LogP contribution >= 0.6 is 0 Å². The van der Waals surface area contributed by atoms with Gasteiger partial charge in [0.25, 0.3) is 0 Å². The molecule has 0 saturated carbocycles. The summed E-state index contributed by atoms with van der Waals surface area (Å²) in [4.78, 5) is 0. The van der Waals surface area contributed by atoms with Crippen molar-refractivity contribution in [3.63, 3.8) is 0 Å². The van der Waals surface area contributed by atoms with E-state index in [0.29, 0.717) is 0 Å². The van der Waals surface area contributed by atoms with E-state index in [0.717, 1.165) is 11.3 Å². The molecule has 1 atom stereocenters. The van der Waals surface area contributed by atoms with E-state index in [1.54, 1.807) is 7.11 Å². The molecule has 17 heavy (non-hydrogen) atoms. The summed E-state index contributed by atoms with van der Waals surface area (Å²) in [6, 6.07) is 7.81. The maximum absolute atomic E-state index is 5.96. The number of rotatable bonds is 4. The molecular formula is C15H22O2. The van der Waals surface area contributed by atoms with E-state index in [1.165, 1.54) is 0 Å². The molecule has 1 aromatic carbocycles. The van der Waals surface area contributed by atoms with Gasteiger partial charge < -0.3 is 9.47 Å². The molecule has 0 aromatic heterocycles. The van der Waals surface area contributed by atoms with E-state index < -0.39 is 5.79 Å². The Kier molecular flexibility index (Phi) is 3.99. The number of hydrogen-bond acceptors (Lipinski definition) is 2. The molecule has 0 fully saturated rings. The lowest BCUT2D eigenvalue weighted by atomic mass is 9.86. The van der Waals surface area contributed by atoms with Crippen molar-refractivity contribution in [1.29, 1.82) is 0 Å². The molecule has 94 valence electrons. The lowest BCUT2D eigenvalue weighted by Gasteiger charge is -2.40. The fourth-order valence-electron chi connectivity index (χ4n) is 1.40. The zero-order chi connectivity index (χ0) is 13.1. The molecule has 0 saturated heterocycles. The minimum atomic E-state index is -0.650. The van der Waals surface area contributed by atoms with Crippen LogP contribution in [0, 0.1) is 5.41 Å². The second-order valence-electron chi connectivity index (χ2n) is 5.28. The molecule has 0 amide bonds. The predicted octanol–water partition coefficient (Wildman–Crippen LogP) is 4.12. The Morgan fingerprint density at radius 1 is 1.06 bits per heavy atom. The van der Waals surface area contributed by atoms with Gasteiger partial charge in [0, 0.05) is 19.4 Å². The molecule has 0 N–H and O–H groups in total. The van der Waals surface area contributed by atoms with E-state index >= 15 is 0 Å². The average molecular weight is 234 g/mol. The Balaban J connectivity index is 2.91. The normalized spacial score (nSPS) is 15.1. The monoisotopic (exact) mass is 234 g/mol. The van der Waals surface area contributed by atoms with Crippen LogP contribution in [-0.4, -0.2) is 12.9 Å². The van der Waals surface area contributed by atoms with Crippen LogP contribution in [0.4, 0.5) is 0 Å². The largest absolute Gasteiger partial charge is 0.462 e. The van der Waals surface area contributed by atoms with E-state index in [4.69, 9.17) is 9.47 Å². The van der Waals surface area contributed by atoms with E-state index in [1.807, 2.05) is 37.3 Å².